The van der Waals surface area contributed by atoms with Gasteiger partial charge < -0.3 is 19.5 Å². The second-order valence-electron chi connectivity index (χ2n) is 6.43. The molecule has 1 atom stereocenters. The van der Waals surface area contributed by atoms with E-state index in [1.807, 2.05) is 12.1 Å². The van der Waals surface area contributed by atoms with E-state index < -0.39 is 0 Å². The first kappa shape index (κ1) is 17.8. The number of benzene rings is 2. The molecule has 0 radical (unpaired) electrons. The molecule has 0 aromatic heterocycles. The molecule has 1 saturated heterocycles. The van der Waals surface area contributed by atoms with Crippen LogP contribution in [0.2, 0.25) is 0 Å². The molecule has 1 fully saturated rings. The van der Waals surface area contributed by atoms with Gasteiger partial charge in [-0.05, 0) is 36.6 Å². The molecule has 1 aliphatic rings. The van der Waals surface area contributed by atoms with Crippen molar-refractivity contribution >= 4 is 0 Å². The molecule has 4 heteroatoms. The molecule has 0 saturated carbocycles. The zero-order chi connectivity index (χ0) is 17.3. The largest absolute Gasteiger partial charge is 0.493 e. The van der Waals surface area contributed by atoms with Gasteiger partial charge in [0.25, 0.3) is 0 Å². The highest BCUT2D eigenvalue weighted by Gasteiger charge is 2.17. The van der Waals surface area contributed by atoms with Crippen LogP contribution in [0.5, 0.6) is 11.5 Å². The first-order valence-electron chi connectivity index (χ1n) is 9.12. The van der Waals surface area contributed by atoms with Crippen LogP contribution in [0.25, 0.3) is 0 Å². The summed E-state index contributed by atoms with van der Waals surface area (Å²) in [6.45, 7) is 3.52. The molecule has 1 aliphatic heterocycles. The minimum Gasteiger partial charge on any atom is -0.493 e. The molecule has 0 unspecified atom stereocenters. The monoisotopic (exact) mass is 342 g/mol. The molecule has 2 aromatic rings. The molecule has 2 N–H and O–H groups in total. The molecule has 3 rings (SSSR count). The third-order valence-corrected chi connectivity index (χ3v) is 4.55. The Morgan fingerprint density at radius 1 is 1.08 bits per heavy atom. The zero-order valence-electron chi connectivity index (χ0n) is 14.9. The van der Waals surface area contributed by atoms with Crippen LogP contribution in [0.4, 0.5) is 0 Å². The maximum absolute atomic E-state index is 5.92. The van der Waals surface area contributed by atoms with Crippen molar-refractivity contribution in [3.63, 3.8) is 0 Å². The van der Waals surface area contributed by atoms with Gasteiger partial charge in [-0.15, -0.1) is 0 Å². The Morgan fingerprint density at radius 2 is 1.96 bits per heavy atom. The van der Waals surface area contributed by atoms with Crippen molar-refractivity contribution in [1.82, 2.24) is 0 Å². The second kappa shape index (κ2) is 9.44. The van der Waals surface area contributed by atoms with Crippen molar-refractivity contribution < 1.29 is 19.5 Å². The predicted molar refractivity (Wildman–Crippen MR) is 98.1 cm³/mol. The standard InChI is InChI=1S/C21H27NO3/c1-23-21-14-18(15-22-16-19-8-5-12-24-19)9-10-20(21)25-13-11-17-6-3-2-4-7-17/h2-4,6-7,9-10,14,19,22H,5,8,11-13,15-16H2,1H3/p+1/t19-/m0/s1. The summed E-state index contributed by atoms with van der Waals surface area (Å²) in [7, 11) is 1.69. The molecule has 134 valence electrons. The van der Waals surface area contributed by atoms with Crippen molar-refractivity contribution in [2.24, 2.45) is 0 Å². The molecular formula is C21H28NO3+. The smallest absolute Gasteiger partial charge is 0.161 e. The van der Waals surface area contributed by atoms with Crippen molar-refractivity contribution in [1.29, 1.82) is 0 Å². The number of hydrogen-bond acceptors (Lipinski definition) is 3. The van der Waals surface area contributed by atoms with E-state index in [1.54, 1.807) is 7.11 Å². The van der Waals surface area contributed by atoms with Gasteiger partial charge in [0.2, 0.25) is 0 Å². The zero-order valence-corrected chi connectivity index (χ0v) is 14.9. The Morgan fingerprint density at radius 3 is 2.72 bits per heavy atom. The maximum Gasteiger partial charge on any atom is 0.161 e. The Kier molecular flexibility index (Phi) is 6.71. The molecule has 2 aromatic carbocycles. The van der Waals surface area contributed by atoms with E-state index in [-0.39, 0.29) is 0 Å². The summed E-state index contributed by atoms with van der Waals surface area (Å²) in [6, 6.07) is 16.6. The van der Waals surface area contributed by atoms with Crippen LogP contribution >= 0.6 is 0 Å². The van der Waals surface area contributed by atoms with Crippen LogP contribution in [0, 0.1) is 0 Å². The highest BCUT2D eigenvalue weighted by atomic mass is 16.5. The predicted octanol–water partition coefficient (Wildman–Crippen LogP) is 2.56. The minimum absolute atomic E-state index is 0.419. The quantitative estimate of drug-likeness (QED) is 0.762. The summed E-state index contributed by atoms with van der Waals surface area (Å²) >= 11 is 0. The first-order chi connectivity index (χ1) is 12.3. The van der Waals surface area contributed by atoms with Gasteiger partial charge in [-0.25, -0.2) is 0 Å². The molecule has 0 spiro atoms. The van der Waals surface area contributed by atoms with Crippen LogP contribution in [0.1, 0.15) is 24.0 Å². The lowest BCUT2D eigenvalue weighted by Crippen LogP contribution is -2.84. The molecular weight excluding hydrogens is 314 g/mol. The fraction of sp³-hybridized carbons (Fsp3) is 0.429. The van der Waals surface area contributed by atoms with E-state index >= 15 is 0 Å². The fourth-order valence-electron chi connectivity index (χ4n) is 3.15. The van der Waals surface area contributed by atoms with E-state index in [1.165, 1.54) is 24.0 Å². The fourth-order valence-corrected chi connectivity index (χ4v) is 3.15. The Labute approximate surface area is 150 Å². The van der Waals surface area contributed by atoms with E-state index in [2.05, 4.69) is 41.7 Å². The van der Waals surface area contributed by atoms with Crippen LogP contribution < -0.4 is 14.8 Å². The van der Waals surface area contributed by atoms with Crippen molar-refractivity contribution in [3.8, 4) is 11.5 Å². The summed E-state index contributed by atoms with van der Waals surface area (Å²) in [4.78, 5) is 0. The summed E-state index contributed by atoms with van der Waals surface area (Å²) in [5.74, 6) is 1.61. The average molecular weight is 342 g/mol. The molecule has 0 aliphatic carbocycles. The van der Waals surface area contributed by atoms with Crippen LogP contribution in [-0.4, -0.2) is 33.0 Å². The van der Waals surface area contributed by atoms with Crippen LogP contribution in [-0.2, 0) is 17.7 Å². The van der Waals surface area contributed by atoms with E-state index in [0.29, 0.717) is 12.7 Å². The second-order valence-corrected chi connectivity index (χ2v) is 6.43. The molecule has 0 amide bonds. The number of nitrogens with two attached hydrogens (primary N) is 1. The highest BCUT2D eigenvalue weighted by Crippen LogP contribution is 2.28. The van der Waals surface area contributed by atoms with Crippen LogP contribution in [0.3, 0.4) is 0 Å². The molecule has 25 heavy (non-hydrogen) atoms. The van der Waals surface area contributed by atoms with Gasteiger partial charge in [0.15, 0.2) is 11.5 Å². The van der Waals surface area contributed by atoms with Gasteiger partial charge in [-0.3, -0.25) is 0 Å². The summed E-state index contributed by atoms with van der Waals surface area (Å²) in [5, 5.41) is 2.31. The number of rotatable bonds is 9. The summed E-state index contributed by atoms with van der Waals surface area (Å²) in [5.41, 5.74) is 2.52. The lowest BCUT2D eigenvalue weighted by molar-refractivity contribution is -0.676. The number of quaternary nitrogens is 1. The third-order valence-electron chi connectivity index (χ3n) is 4.55. The minimum atomic E-state index is 0.419. The van der Waals surface area contributed by atoms with Crippen LogP contribution in [0.15, 0.2) is 48.5 Å². The summed E-state index contributed by atoms with van der Waals surface area (Å²) < 4.78 is 17.1. The Bertz CT molecular complexity index is 639. The van der Waals surface area contributed by atoms with E-state index in [4.69, 9.17) is 14.2 Å². The van der Waals surface area contributed by atoms with Gasteiger partial charge in [0, 0.05) is 18.6 Å². The number of ether oxygens (including phenoxy) is 3. The first-order valence-corrected chi connectivity index (χ1v) is 9.12. The summed E-state index contributed by atoms with van der Waals surface area (Å²) in [6.07, 6.45) is 3.69. The molecule has 1 heterocycles. The van der Waals surface area contributed by atoms with Crippen molar-refractivity contribution in [2.45, 2.75) is 31.9 Å². The Hall–Kier alpha value is -2.04. The van der Waals surface area contributed by atoms with Gasteiger partial charge in [-0.2, -0.15) is 0 Å². The molecule has 4 nitrogen and oxygen atoms in total. The van der Waals surface area contributed by atoms with Gasteiger partial charge in [-0.1, -0.05) is 30.3 Å². The SMILES string of the molecule is COc1cc(C[NH2+]C[C@@H]2CCCO2)ccc1OCCc1ccccc1. The lowest BCUT2D eigenvalue weighted by atomic mass is 10.1. The van der Waals surface area contributed by atoms with Crippen molar-refractivity contribution in [2.75, 3.05) is 26.9 Å². The number of hydrogen-bond donors (Lipinski definition) is 1. The maximum atomic E-state index is 5.92. The highest BCUT2D eigenvalue weighted by molar-refractivity contribution is 5.42. The van der Waals surface area contributed by atoms with Gasteiger partial charge in [0.05, 0.1) is 13.7 Å². The van der Waals surface area contributed by atoms with Gasteiger partial charge in [0.1, 0.15) is 19.2 Å². The molecule has 0 bridgehead atoms. The normalized spacial score (nSPS) is 16.8. The average Bonchev–Trinajstić information content (AvgIpc) is 3.17. The Balaban J connectivity index is 1.48. The van der Waals surface area contributed by atoms with Crippen molar-refractivity contribution in [3.05, 3.63) is 59.7 Å². The topological polar surface area (TPSA) is 44.3 Å². The van der Waals surface area contributed by atoms with E-state index in [0.717, 1.165) is 37.6 Å². The number of methoxy groups -OCH3 is 1. The third kappa shape index (κ3) is 5.48. The van der Waals surface area contributed by atoms with Gasteiger partial charge >= 0.3 is 0 Å². The lowest BCUT2D eigenvalue weighted by Gasteiger charge is -2.13. The van der Waals surface area contributed by atoms with E-state index in [9.17, 15) is 0 Å².